The molecule has 0 saturated heterocycles. The normalized spacial score (nSPS) is 18.0. The number of para-hydroxylation sites is 1. The van der Waals surface area contributed by atoms with Gasteiger partial charge in [0.15, 0.2) is 0 Å². The highest BCUT2D eigenvalue weighted by atomic mass is 16.7. The van der Waals surface area contributed by atoms with E-state index in [-0.39, 0.29) is 11.9 Å². The van der Waals surface area contributed by atoms with E-state index in [9.17, 15) is 0 Å². The smallest absolute Gasteiger partial charge is 0.227 e. The van der Waals surface area contributed by atoms with Crippen molar-refractivity contribution in [3.8, 4) is 84.4 Å². The van der Waals surface area contributed by atoms with Gasteiger partial charge in [0.1, 0.15) is 42.0 Å². The lowest BCUT2D eigenvalue weighted by Crippen LogP contribution is -2.52. The lowest BCUT2D eigenvalue weighted by atomic mass is 9.54. The molecule has 0 aliphatic heterocycles. The van der Waals surface area contributed by atoms with Crippen molar-refractivity contribution in [2.75, 3.05) is 26.4 Å². The SMILES string of the molecule is CCC(C)c1ccc(OC(OC23CC4CC(CC(C4)C2)C3)c2ccc(-c3ccccc3)cc2)cc1.CCC(C)c1ccc(OC(OCCOc2c(-c3ccccc3)cccc2-c2ccccc2)c2ccc(-c3ccccc3)cc2)cc1.CCC(C)c1ccc(OC(OCCOc2ccc(C3CCCCC3)cc2)c2ccc(-c3ccccc3)cc2)cc1. The largest absolute Gasteiger partial charge is 0.491 e. The van der Waals surface area contributed by atoms with Gasteiger partial charge < -0.3 is 37.9 Å². The topological polar surface area (TPSA) is 73.8 Å². The molecule has 5 aliphatic rings. The predicted molar refractivity (Wildman–Crippen MR) is 496 cm³/mol. The Morgan fingerprint density at radius 3 is 0.942 bits per heavy atom. The molecule has 6 atom stereocenters. The summed E-state index contributed by atoms with van der Waals surface area (Å²) in [6.45, 7) is 15.0. The summed E-state index contributed by atoms with van der Waals surface area (Å²) in [5.41, 5.74) is 19.9. The van der Waals surface area contributed by atoms with Gasteiger partial charge in [0, 0.05) is 27.8 Å². The second-order valence-electron chi connectivity index (χ2n) is 33.9. The van der Waals surface area contributed by atoms with Crippen molar-refractivity contribution in [1.82, 2.24) is 0 Å². The molecule has 6 unspecified atom stereocenters. The highest BCUT2D eigenvalue weighted by Crippen LogP contribution is 2.58. The zero-order chi connectivity index (χ0) is 83.0. The Bertz CT molecular complexity index is 5120. The number of hydrogen-bond acceptors (Lipinski definition) is 8. The molecule has 13 aromatic carbocycles. The molecule has 0 amide bonds. The highest BCUT2D eigenvalue weighted by Gasteiger charge is 2.53. The van der Waals surface area contributed by atoms with Crippen LogP contribution in [0.15, 0.2) is 340 Å². The standard InChI is InChI=1S/C43H40O3.C37H42O3.C33H38O2/c1-3-32(2)33-26-28-39(29-27-33)46-43(38-24-22-35(23-25-38)34-14-7-4-8-15-34)45-31-30-44-42-40(36-16-9-5-10-17-36)20-13-21-41(42)37-18-11-6-12-19-37;1-3-28(2)29-18-24-36(25-19-29)40-37(34-16-14-32(15-17-34)30-10-6-4-7-11-30)39-27-26-38-35-22-20-33(21-23-35)31-12-8-5-9-13-31;1-3-23(2)27-13-15-31(16-14-27)34-32(30-11-9-29(10-12-30)28-7-5-4-6-8-28)35-33-20-24-17-25(21-33)19-26(18-24)22-33/h4-29,32,43H,3,30-31H2,1-2H3;4,6-7,10-11,14-25,28,31,37H,3,5,8-9,12-13,26-27H2,1-2H3;4-16,23-26,32H,3,17-22H2,1-2H3. The molecule has 18 rings (SSSR count). The van der Waals surface area contributed by atoms with E-state index in [0.29, 0.717) is 50.1 Å². The predicted octanol–water partition coefficient (Wildman–Crippen LogP) is 30.4. The Hall–Kier alpha value is -11.3. The zero-order valence-corrected chi connectivity index (χ0v) is 71.6. The molecule has 13 aromatic rings. The number of hydrogen-bond donors (Lipinski definition) is 0. The van der Waals surface area contributed by atoms with Gasteiger partial charge in [-0.25, -0.2) is 0 Å². The van der Waals surface area contributed by atoms with Crippen LogP contribution in [0.4, 0.5) is 0 Å². The van der Waals surface area contributed by atoms with E-state index in [0.717, 1.165) is 110 Å². The lowest BCUT2D eigenvalue weighted by molar-refractivity contribution is -0.235. The van der Waals surface area contributed by atoms with Crippen molar-refractivity contribution in [2.24, 2.45) is 17.8 Å². The molecule has 8 heteroatoms. The molecule has 0 spiro atoms. The van der Waals surface area contributed by atoms with Crippen molar-refractivity contribution in [1.29, 1.82) is 0 Å². The van der Waals surface area contributed by atoms with Crippen LogP contribution in [0.1, 0.15) is 213 Å². The van der Waals surface area contributed by atoms with Gasteiger partial charge in [0.2, 0.25) is 18.9 Å². The van der Waals surface area contributed by atoms with Crippen LogP contribution < -0.4 is 23.7 Å². The third kappa shape index (κ3) is 22.9. The summed E-state index contributed by atoms with van der Waals surface area (Å²) in [4.78, 5) is 0. The third-order valence-corrected chi connectivity index (χ3v) is 25.5. The molecule has 0 heterocycles. The van der Waals surface area contributed by atoms with Crippen LogP contribution in [0.25, 0.3) is 55.6 Å². The van der Waals surface area contributed by atoms with Crippen LogP contribution in [-0.4, -0.2) is 32.0 Å². The van der Waals surface area contributed by atoms with Crippen molar-refractivity contribution >= 4 is 0 Å². The zero-order valence-electron chi connectivity index (χ0n) is 71.6. The highest BCUT2D eigenvalue weighted by molar-refractivity contribution is 5.82. The average molecular weight is 1610 g/mol. The maximum absolute atomic E-state index is 7.06. The van der Waals surface area contributed by atoms with Gasteiger partial charge in [0.25, 0.3) is 0 Å². The van der Waals surface area contributed by atoms with Gasteiger partial charge in [-0.3, -0.25) is 0 Å². The van der Waals surface area contributed by atoms with Crippen LogP contribution in [-0.2, 0) is 14.2 Å². The molecule has 0 N–H and O–H groups in total. The van der Waals surface area contributed by atoms with Crippen molar-refractivity contribution in [3.63, 3.8) is 0 Å². The molecular formula is C113H120O8. The Labute approximate surface area is 720 Å². The van der Waals surface area contributed by atoms with Gasteiger partial charge >= 0.3 is 0 Å². The van der Waals surface area contributed by atoms with E-state index in [1.165, 1.54) is 121 Å². The minimum Gasteiger partial charge on any atom is -0.491 e. The molecule has 5 aliphatic carbocycles. The van der Waals surface area contributed by atoms with Gasteiger partial charge in [0.05, 0.1) is 18.8 Å². The number of benzene rings is 13. The van der Waals surface area contributed by atoms with Crippen molar-refractivity contribution < 1.29 is 37.9 Å². The van der Waals surface area contributed by atoms with Crippen molar-refractivity contribution in [3.05, 3.63) is 379 Å². The fourth-order valence-corrected chi connectivity index (χ4v) is 18.3. The molecule has 5 fully saturated rings. The molecule has 0 aromatic heterocycles. The first kappa shape index (κ1) is 84.7. The van der Waals surface area contributed by atoms with E-state index in [1.807, 2.05) is 48.5 Å². The Morgan fingerprint density at radius 1 is 0.281 bits per heavy atom. The first-order valence-corrected chi connectivity index (χ1v) is 44.7. The molecule has 0 radical (unpaired) electrons. The Morgan fingerprint density at radius 2 is 0.587 bits per heavy atom. The first-order chi connectivity index (χ1) is 59.5. The summed E-state index contributed by atoms with van der Waals surface area (Å²) >= 11 is 0. The van der Waals surface area contributed by atoms with Crippen LogP contribution in [0.3, 0.4) is 0 Å². The lowest BCUT2D eigenvalue weighted by Gasteiger charge is -2.56. The van der Waals surface area contributed by atoms with E-state index < -0.39 is 12.6 Å². The number of rotatable bonds is 33. The fourth-order valence-electron chi connectivity index (χ4n) is 18.3. The minimum absolute atomic E-state index is 0.0197. The quantitative estimate of drug-likeness (QED) is 0.0298. The van der Waals surface area contributed by atoms with E-state index in [4.69, 9.17) is 37.9 Å². The van der Waals surface area contributed by atoms with Crippen LogP contribution in [0.5, 0.6) is 28.7 Å². The second kappa shape index (κ2) is 42.3. The molecular weight excluding hydrogens is 1490 g/mol. The molecule has 121 heavy (non-hydrogen) atoms. The molecule has 8 nitrogen and oxygen atoms in total. The number of ether oxygens (including phenoxy) is 8. The summed E-state index contributed by atoms with van der Waals surface area (Å²) in [5.74, 6) is 9.01. The van der Waals surface area contributed by atoms with Crippen LogP contribution in [0.2, 0.25) is 0 Å². The van der Waals surface area contributed by atoms with Crippen LogP contribution in [0, 0.1) is 17.8 Å². The summed E-state index contributed by atoms with van der Waals surface area (Å²) in [7, 11) is 0. The van der Waals surface area contributed by atoms with Gasteiger partial charge in [-0.2, -0.15) is 0 Å². The minimum atomic E-state index is -0.596. The van der Waals surface area contributed by atoms with Gasteiger partial charge in [-0.05, 0) is 227 Å². The first-order valence-electron chi connectivity index (χ1n) is 44.7. The molecule has 4 bridgehead atoms. The summed E-state index contributed by atoms with van der Waals surface area (Å²) < 4.78 is 51.9. The molecule has 620 valence electrons. The second-order valence-corrected chi connectivity index (χ2v) is 33.9. The third-order valence-electron chi connectivity index (χ3n) is 25.5. The monoisotopic (exact) mass is 1600 g/mol. The van der Waals surface area contributed by atoms with Crippen LogP contribution >= 0.6 is 0 Å². The summed E-state index contributed by atoms with van der Waals surface area (Å²) in [6, 6.07) is 118. The van der Waals surface area contributed by atoms with E-state index in [1.54, 1.807) is 0 Å². The van der Waals surface area contributed by atoms with Crippen molar-refractivity contribution in [2.45, 2.75) is 180 Å². The van der Waals surface area contributed by atoms with Gasteiger partial charge in [-0.1, -0.05) is 352 Å². The average Bonchev–Trinajstić information content (AvgIpc) is 0.744. The molecule has 5 saturated carbocycles. The van der Waals surface area contributed by atoms with E-state index in [2.05, 4.69) is 333 Å². The maximum Gasteiger partial charge on any atom is 0.227 e. The summed E-state index contributed by atoms with van der Waals surface area (Å²) in [5, 5.41) is 0. The fraction of sp³-hybridized carbons (Fsp3) is 0.310. The van der Waals surface area contributed by atoms with Gasteiger partial charge in [-0.15, -0.1) is 0 Å². The Kier molecular flexibility index (Phi) is 29.6. The Balaban J connectivity index is 0.000000142. The maximum atomic E-state index is 7.06. The summed E-state index contributed by atoms with van der Waals surface area (Å²) in [6.07, 6.45) is 16.4. The van der Waals surface area contributed by atoms with E-state index >= 15 is 0 Å².